The van der Waals surface area contributed by atoms with Crippen LogP contribution < -0.4 is 0 Å². The van der Waals surface area contributed by atoms with E-state index >= 15 is 0 Å². The minimum absolute atomic E-state index is 0.134. The van der Waals surface area contributed by atoms with Gasteiger partial charge in [0.05, 0.1) is 0 Å². The normalized spacial score (nSPS) is 36.3. The Morgan fingerprint density at radius 2 is 1.41 bits per heavy atom. The molecule has 0 radical (unpaired) electrons. The monoisotopic (exact) mass is 468 g/mol. The molecule has 2 N–H and O–H groups in total. The predicted octanol–water partition coefficient (Wildman–Crippen LogP) is 5.75. The summed E-state index contributed by atoms with van der Waals surface area (Å²) in [5, 5.41) is 24.3. The summed E-state index contributed by atoms with van der Waals surface area (Å²) in [6.45, 7) is 15.9. The molecule has 0 aromatic rings. The highest BCUT2D eigenvalue weighted by molar-refractivity contribution is 6.02. The lowest BCUT2D eigenvalue weighted by Crippen LogP contribution is -2.71. The molecule has 0 saturated heterocycles. The fraction of sp³-hybridized carbons (Fsp3) is 0.667. The molecule has 0 amide bonds. The second kappa shape index (κ2) is 9.70. The maximum absolute atomic E-state index is 13.9. The Kier molecular flexibility index (Phi) is 7.65. The maximum Gasteiger partial charge on any atom is 0.187 e. The molecule has 0 heterocycles. The van der Waals surface area contributed by atoms with Crippen molar-refractivity contribution in [3.8, 4) is 0 Å². The van der Waals surface area contributed by atoms with Crippen LogP contribution in [0.2, 0.25) is 0 Å². The molecule has 0 aromatic carbocycles. The third-order valence-electron chi connectivity index (χ3n) is 8.85. The lowest BCUT2D eigenvalue weighted by Gasteiger charge is -2.61. The molecule has 34 heavy (non-hydrogen) atoms. The third-order valence-corrected chi connectivity index (χ3v) is 8.85. The Bertz CT molecular complexity index is 958. The van der Waals surface area contributed by atoms with Crippen LogP contribution in [0.15, 0.2) is 46.6 Å². The molecule has 1 fully saturated rings. The SMILES string of the molecule is CC(C)=CCC[C@@H](C)[C@]1(O)C(=O)C=C(C)[C@H]2[C@H]3C(=O)[C@](O)([C@H](C)CCC=C(C)C)[C@H](C=C3C)[C@H]21. The molecule has 4 nitrogen and oxygen atoms in total. The van der Waals surface area contributed by atoms with Crippen molar-refractivity contribution in [1.29, 1.82) is 0 Å². The summed E-state index contributed by atoms with van der Waals surface area (Å²) in [6, 6.07) is 0. The van der Waals surface area contributed by atoms with Gasteiger partial charge in [-0.15, -0.1) is 0 Å². The molecule has 8 atom stereocenters. The molecule has 4 aliphatic carbocycles. The molecule has 0 unspecified atom stereocenters. The highest BCUT2D eigenvalue weighted by atomic mass is 16.3. The van der Waals surface area contributed by atoms with Gasteiger partial charge in [0.1, 0.15) is 11.2 Å². The van der Waals surface area contributed by atoms with E-state index in [1.807, 2.05) is 61.5 Å². The van der Waals surface area contributed by atoms with Crippen LogP contribution in [-0.4, -0.2) is 33.0 Å². The fourth-order valence-electron chi connectivity index (χ4n) is 6.89. The highest BCUT2D eigenvalue weighted by Gasteiger charge is 2.69. The summed E-state index contributed by atoms with van der Waals surface area (Å²) < 4.78 is 0. The zero-order valence-electron chi connectivity index (χ0n) is 22.3. The number of hydrogen-bond donors (Lipinski definition) is 2. The van der Waals surface area contributed by atoms with Gasteiger partial charge in [0.2, 0.25) is 0 Å². The van der Waals surface area contributed by atoms with E-state index in [1.165, 1.54) is 11.1 Å². The first-order valence-corrected chi connectivity index (χ1v) is 12.9. The van der Waals surface area contributed by atoms with Gasteiger partial charge >= 0.3 is 0 Å². The second-order valence-electron chi connectivity index (χ2n) is 11.8. The van der Waals surface area contributed by atoms with Crippen molar-refractivity contribution in [2.45, 2.75) is 92.3 Å². The van der Waals surface area contributed by atoms with Gasteiger partial charge in [-0.05, 0) is 85.1 Å². The van der Waals surface area contributed by atoms with E-state index in [0.717, 1.165) is 24.0 Å². The molecule has 4 rings (SSSR count). The molecule has 4 heteroatoms. The zero-order chi connectivity index (χ0) is 25.6. The van der Waals surface area contributed by atoms with Gasteiger partial charge in [0.25, 0.3) is 0 Å². The fourth-order valence-corrected chi connectivity index (χ4v) is 6.89. The summed E-state index contributed by atoms with van der Waals surface area (Å²) in [6.07, 6.45) is 10.8. The van der Waals surface area contributed by atoms with E-state index in [9.17, 15) is 19.8 Å². The average Bonchev–Trinajstić information content (AvgIpc) is 2.74. The van der Waals surface area contributed by atoms with Gasteiger partial charge in [-0.3, -0.25) is 9.59 Å². The van der Waals surface area contributed by atoms with Crippen molar-refractivity contribution in [3.63, 3.8) is 0 Å². The van der Waals surface area contributed by atoms with E-state index in [2.05, 4.69) is 12.2 Å². The summed E-state index contributed by atoms with van der Waals surface area (Å²) in [5.74, 6) is -2.81. The molecule has 188 valence electrons. The van der Waals surface area contributed by atoms with Crippen LogP contribution >= 0.6 is 0 Å². The topological polar surface area (TPSA) is 74.6 Å². The Hall–Kier alpha value is -1.78. The zero-order valence-corrected chi connectivity index (χ0v) is 22.3. The highest BCUT2D eigenvalue weighted by Crippen LogP contribution is 2.61. The van der Waals surface area contributed by atoms with E-state index in [1.54, 1.807) is 6.08 Å². The number of carbonyl (C=O) groups excluding carboxylic acids is 2. The molecule has 0 aromatic heterocycles. The van der Waals surface area contributed by atoms with Crippen molar-refractivity contribution in [1.82, 2.24) is 0 Å². The smallest absolute Gasteiger partial charge is 0.187 e. The molecule has 0 aliphatic heterocycles. The van der Waals surface area contributed by atoms with Crippen LogP contribution in [-0.2, 0) is 9.59 Å². The molecule has 2 bridgehead atoms. The van der Waals surface area contributed by atoms with Gasteiger partial charge in [0.15, 0.2) is 11.6 Å². The number of allylic oxidation sites excluding steroid dienone is 6. The van der Waals surface area contributed by atoms with Gasteiger partial charge in [-0.2, -0.15) is 0 Å². The first kappa shape index (κ1) is 26.8. The van der Waals surface area contributed by atoms with E-state index in [4.69, 9.17) is 0 Å². The molecule has 0 spiro atoms. The Labute approximate surface area is 205 Å². The Balaban J connectivity index is 2.07. The maximum atomic E-state index is 13.9. The van der Waals surface area contributed by atoms with Crippen LogP contribution in [0.1, 0.15) is 81.1 Å². The van der Waals surface area contributed by atoms with Gasteiger partial charge in [-0.25, -0.2) is 0 Å². The Morgan fingerprint density at radius 3 is 1.91 bits per heavy atom. The van der Waals surface area contributed by atoms with Crippen molar-refractivity contribution < 1.29 is 19.8 Å². The first-order chi connectivity index (χ1) is 15.8. The largest absolute Gasteiger partial charge is 0.381 e. The molecule has 4 aliphatic rings. The third kappa shape index (κ3) is 4.22. The molecule has 1 saturated carbocycles. The standard InChI is InChI=1S/C30H44O4/c1-17(2)11-9-13-21(7)29(33)23-15-19(5)26(28(29)32)25-20(6)16-24(31)30(34,27(23)25)22(8)14-10-12-18(3)4/h11-12,15-16,21-23,25-27,33-34H,9-10,13-14H2,1-8H3/t21-,22-,23-,25+,26+,27-,29+,30+/m1/s1. The van der Waals surface area contributed by atoms with E-state index in [-0.39, 0.29) is 29.3 Å². The first-order valence-electron chi connectivity index (χ1n) is 12.9. The van der Waals surface area contributed by atoms with Crippen LogP contribution in [0.25, 0.3) is 0 Å². The van der Waals surface area contributed by atoms with Crippen LogP contribution in [0.3, 0.4) is 0 Å². The number of carbonyl (C=O) groups is 2. The lowest BCUT2D eigenvalue weighted by molar-refractivity contribution is -0.198. The number of ketones is 2. The van der Waals surface area contributed by atoms with E-state index in [0.29, 0.717) is 12.8 Å². The quantitative estimate of drug-likeness (QED) is 0.445. The summed E-state index contributed by atoms with van der Waals surface area (Å²) >= 11 is 0. The van der Waals surface area contributed by atoms with Gasteiger partial charge in [-0.1, -0.05) is 54.4 Å². The van der Waals surface area contributed by atoms with E-state index < -0.39 is 29.0 Å². The number of rotatable bonds is 8. The van der Waals surface area contributed by atoms with Crippen LogP contribution in [0.4, 0.5) is 0 Å². The summed E-state index contributed by atoms with van der Waals surface area (Å²) in [5.41, 5.74) is 1.05. The number of Topliss-reactive ketones (excluding diaryl/α,β-unsaturated/α-hetero) is 1. The van der Waals surface area contributed by atoms with Crippen molar-refractivity contribution >= 4 is 11.6 Å². The summed E-state index contributed by atoms with van der Waals surface area (Å²) in [4.78, 5) is 27.3. The van der Waals surface area contributed by atoms with Crippen molar-refractivity contribution in [2.24, 2.45) is 35.5 Å². The van der Waals surface area contributed by atoms with Crippen LogP contribution in [0.5, 0.6) is 0 Å². The minimum Gasteiger partial charge on any atom is -0.381 e. The van der Waals surface area contributed by atoms with Crippen molar-refractivity contribution in [2.75, 3.05) is 0 Å². The molecular weight excluding hydrogens is 424 g/mol. The minimum atomic E-state index is -1.60. The number of fused-ring (bicyclic) bond motifs is 1. The van der Waals surface area contributed by atoms with Gasteiger partial charge in [0, 0.05) is 23.7 Å². The van der Waals surface area contributed by atoms with Gasteiger partial charge < -0.3 is 10.2 Å². The van der Waals surface area contributed by atoms with Crippen LogP contribution in [0, 0.1) is 35.5 Å². The average molecular weight is 469 g/mol. The molecular formula is C30H44O4. The Morgan fingerprint density at radius 1 is 0.912 bits per heavy atom. The summed E-state index contributed by atoms with van der Waals surface area (Å²) in [7, 11) is 0. The number of aliphatic hydroxyl groups is 2. The lowest BCUT2D eigenvalue weighted by atomic mass is 9.43. The predicted molar refractivity (Wildman–Crippen MR) is 137 cm³/mol. The number of hydrogen-bond acceptors (Lipinski definition) is 4. The van der Waals surface area contributed by atoms with Crippen molar-refractivity contribution in [3.05, 3.63) is 46.6 Å². The second-order valence-corrected chi connectivity index (χ2v) is 11.8.